The van der Waals surface area contributed by atoms with Crippen LogP contribution in [0.5, 0.6) is 0 Å². The predicted octanol–water partition coefficient (Wildman–Crippen LogP) is 3.54. The summed E-state index contributed by atoms with van der Waals surface area (Å²) < 4.78 is 20.4. The van der Waals surface area contributed by atoms with Crippen LogP contribution in [-0.2, 0) is 11.0 Å². The molecule has 0 saturated heterocycles. The summed E-state index contributed by atoms with van der Waals surface area (Å²) in [4.78, 5) is 12.1. The molecule has 0 fully saturated rings. The van der Waals surface area contributed by atoms with E-state index in [2.05, 4.69) is 4.72 Å². The zero-order valence-corrected chi connectivity index (χ0v) is 13.1. The van der Waals surface area contributed by atoms with Crippen LogP contribution in [0.1, 0.15) is 11.1 Å². The van der Waals surface area contributed by atoms with E-state index in [4.69, 9.17) is 4.42 Å². The van der Waals surface area contributed by atoms with Crippen molar-refractivity contribution in [1.82, 2.24) is 0 Å². The van der Waals surface area contributed by atoms with Crippen molar-refractivity contribution in [1.29, 1.82) is 0 Å². The van der Waals surface area contributed by atoms with Crippen molar-refractivity contribution in [3.05, 3.63) is 70.1 Å². The van der Waals surface area contributed by atoms with Gasteiger partial charge in [0.05, 0.1) is 10.6 Å². The normalized spacial score (nSPS) is 12.3. The molecule has 1 atom stereocenters. The van der Waals surface area contributed by atoms with E-state index in [1.165, 1.54) is 6.07 Å². The molecule has 3 aromatic rings. The largest absolute Gasteiger partial charge is 0.423 e. The van der Waals surface area contributed by atoms with E-state index in [9.17, 15) is 9.00 Å². The molecular weight excluding hydrogens is 298 g/mol. The molecule has 0 aliphatic heterocycles. The second kappa shape index (κ2) is 5.77. The Hall–Kier alpha value is -2.40. The SMILES string of the molecule is Cc1ccc(S(=O)Nc2ccc3c(C)cc(=O)oc3c2)cc1. The van der Waals surface area contributed by atoms with Crippen LogP contribution in [0.2, 0.25) is 0 Å². The van der Waals surface area contributed by atoms with E-state index >= 15 is 0 Å². The minimum absolute atomic E-state index is 0.387. The summed E-state index contributed by atoms with van der Waals surface area (Å²) >= 11 is 0. The fraction of sp³-hybridized carbons (Fsp3) is 0.118. The van der Waals surface area contributed by atoms with Crippen molar-refractivity contribution in [3.63, 3.8) is 0 Å². The Morgan fingerprint density at radius 3 is 2.45 bits per heavy atom. The highest BCUT2D eigenvalue weighted by Gasteiger charge is 2.07. The van der Waals surface area contributed by atoms with Crippen LogP contribution >= 0.6 is 0 Å². The highest BCUT2D eigenvalue weighted by atomic mass is 32.2. The maximum absolute atomic E-state index is 12.3. The Bertz CT molecular complexity index is 913. The standard InChI is InChI=1S/C17H15NO3S/c1-11-3-6-14(7-4-11)22(20)18-13-5-8-15-12(2)9-17(19)21-16(15)10-13/h3-10,18H,1-2H3. The van der Waals surface area contributed by atoms with Gasteiger partial charge in [-0.1, -0.05) is 17.7 Å². The molecule has 0 aliphatic carbocycles. The first kappa shape index (κ1) is 14.5. The van der Waals surface area contributed by atoms with Crippen molar-refractivity contribution in [2.75, 3.05) is 4.72 Å². The van der Waals surface area contributed by atoms with E-state index in [0.29, 0.717) is 16.2 Å². The van der Waals surface area contributed by atoms with E-state index in [1.807, 2.05) is 50.2 Å². The fourth-order valence-electron chi connectivity index (χ4n) is 2.22. The van der Waals surface area contributed by atoms with Gasteiger partial charge >= 0.3 is 5.63 Å². The van der Waals surface area contributed by atoms with Crippen LogP contribution in [-0.4, -0.2) is 4.21 Å². The van der Waals surface area contributed by atoms with Gasteiger partial charge in [0.25, 0.3) is 0 Å². The molecule has 1 heterocycles. The molecule has 0 bridgehead atoms. The molecule has 4 nitrogen and oxygen atoms in total. The zero-order valence-electron chi connectivity index (χ0n) is 12.3. The van der Waals surface area contributed by atoms with Gasteiger partial charge in [0, 0.05) is 17.5 Å². The zero-order chi connectivity index (χ0) is 15.7. The molecule has 1 N–H and O–H groups in total. The van der Waals surface area contributed by atoms with Gasteiger partial charge in [-0.3, -0.25) is 0 Å². The molecule has 0 spiro atoms. The smallest absolute Gasteiger partial charge is 0.336 e. The predicted molar refractivity (Wildman–Crippen MR) is 88.4 cm³/mol. The van der Waals surface area contributed by atoms with Gasteiger partial charge < -0.3 is 9.14 Å². The molecule has 0 amide bonds. The molecule has 1 unspecified atom stereocenters. The minimum Gasteiger partial charge on any atom is -0.423 e. The molecule has 1 aromatic heterocycles. The second-order valence-electron chi connectivity index (χ2n) is 5.14. The molecule has 0 saturated carbocycles. The first-order valence-corrected chi connectivity index (χ1v) is 7.97. The summed E-state index contributed by atoms with van der Waals surface area (Å²) in [5.41, 5.74) is 2.71. The third-order valence-electron chi connectivity index (χ3n) is 3.40. The minimum atomic E-state index is -1.37. The summed E-state index contributed by atoms with van der Waals surface area (Å²) in [6.45, 7) is 3.84. The van der Waals surface area contributed by atoms with Crippen molar-refractivity contribution in [2.24, 2.45) is 0 Å². The van der Waals surface area contributed by atoms with Gasteiger partial charge in [-0.25, -0.2) is 9.00 Å². The van der Waals surface area contributed by atoms with Gasteiger partial charge in [-0.15, -0.1) is 0 Å². The van der Waals surface area contributed by atoms with Crippen molar-refractivity contribution in [2.45, 2.75) is 18.7 Å². The summed E-state index contributed by atoms with van der Waals surface area (Å²) in [7, 11) is -1.37. The lowest BCUT2D eigenvalue weighted by Crippen LogP contribution is -2.05. The number of hydrogen-bond acceptors (Lipinski definition) is 3. The molecule has 5 heteroatoms. The third kappa shape index (κ3) is 2.94. The first-order chi connectivity index (χ1) is 10.5. The van der Waals surface area contributed by atoms with Crippen molar-refractivity contribution >= 4 is 27.6 Å². The summed E-state index contributed by atoms with van der Waals surface area (Å²) in [6.07, 6.45) is 0. The van der Waals surface area contributed by atoms with Crippen LogP contribution in [0.4, 0.5) is 5.69 Å². The number of nitrogens with one attached hydrogen (secondary N) is 1. The Labute approximate surface area is 130 Å². The number of hydrogen-bond donors (Lipinski definition) is 1. The lowest BCUT2D eigenvalue weighted by atomic mass is 10.1. The van der Waals surface area contributed by atoms with E-state index in [0.717, 1.165) is 16.5 Å². The maximum atomic E-state index is 12.3. The molecule has 112 valence electrons. The highest BCUT2D eigenvalue weighted by Crippen LogP contribution is 2.22. The molecular formula is C17H15NO3S. The van der Waals surface area contributed by atoms with Crippen LogP contribution < -0.4 is 10.3 Å². The fourth-order valence-corrected chi connectivity index (χ4v) is 3.06. The number of rotatable bonds is 3. The van der Waals surface area contributed by atoms with Gasteiger partial charge in [0.2, 0.25) is 0 Å². The van der Waals surface area contributed by atoms with E-state index in [-0.39, 0.29) is 5.63 Å². The topological polar surface area (TPSA) is 59.3 Å². The molecule has 2 aromatic carbocycles. The van der Waals surface area contributed by atoms with Crippen LogP contribution in [0, 0.1) is 13.8 Å². The highest BCUT2D eigenvalue weighted by molar-refractivity contribution is 7.86. The average Bonchev–Trinajstić information content (AvgIpc) is 2.47. The Kier molecular flexibility index (Phi) is 3.81. The lowest BCUT2D eigenvalue weighted by Gasteiger charge is -2.08. The van der Waals surface area contributed by atoms with Crippen molar-refractivity contribution in [3.8, 4) is 0 Å². The third-order valence-corrected chi connectivity index (χ3v) is 4.52. The van der Waals surface area contributed by atoms with Crippen LogP contribution in [0.15, 0.2) is 62.6 Å². The Balaban J connectivity index is 1.92. The molecule has 22 heavy (non-hydrogen) atoms. The van der Waals surface area contributed by atoms with Crippen LogP contribution in [0.25, 0.3) is 11.0 Å². The number of aryl methyl sites for hydroxylation is 2. The van der Waals surface area contributed by atoms with Gasteiger partial charge in [0.1, 0.15) is 16.6 Å². The Morgan fingerprint density at radius 1 is 1.00 bits per heavy atom. The monoisotopic (exact) mass is 313 g/mol. The lowest BCUT2D eigenvalue weighted by molar-refractivity contribution is 0.560. The quantitative estimate of drug-likeness (QED) is 0.752. The number of benzene rings is 2. The number of anilines is 1. The van der Waals surface area contributed by atoms with E-state index < -0.39 is 11.0 Å². The number of fused-ring (bicyclic) bond motifs is 1. The van der Waals surface area contributed by atoms with Gasteiger partial charge in [-0.2, -0.15) is 0 Å². The molecule has 0 aliphatic rings. The molecule has 0 radical (unpaired) electrons. The molecule has 3 rings (SSSR count). The first-order valence-electron chi connectivity index (χ1n) is 6.82. The summed E-state index contributed by atoms with van der Waals surface area (Å²) in [6, 6.07) is 14.3. The summed E-state index contributed by atoms with van der Waals surface area (Å²) in [5, 5.41) is 0.867. The van der Waals surface area contributed by atoms with Crippen LogP contribution in [0.3, 0.4) is 0 Å². The van der Waals surface area contributed by atoms with Gasteiger partial charge in [-0.05, 0) is 43.7 Å². The van der Waals surface area contributed by atoms with Crippen molar-refractivity contribution < 1.29 is 8.63 Å². The van der Waals surface area contributed by atoms with E-state index in [1.54, 1.807) is 6.07 Å². The van der Waals surface area contributed by atoms with Gasteiger partial charge in [0.15, 0.2) is 0 Å². The average molecular weight is 313 g/mol. The second-order valence-corrected chi connectivity index (χ2v) is 6.36. The Morgan fingerprint density at radius 2 is 1.73 bits per heavy atom. The summed E-state index contributed by atoms with van der Waals surface area (Å²) in [5.74, 6) is 0. The maximum Gasteiger partial charge on any atom is 0.336 e.